The molecule has 1 aromatic heterocycles. The number of methoxy groups -OCH3 is 1. The first-order valence-corrected chi connectivity index (χ1v) is 5.48. The summed E-state index contributed by atoms with van der Waals surface area (Å²) in [5.41, 5.74) is 1.34. The Bertz CT molecular complexity index is 310. The average Bonchev–Trinajstić information content (AvgIpc) is 2.29. The SMILES string of the molecule is COc1ccc([C@@H]2CCCN(C)C2)cn1. The number of piperidine rings is 1. The number of nitrogens with zero attached hydrogens (tertiary/aromatic N) is 2. The number of pyridine rings is 1. The van der Waals surface area contributed by atoms with Crippen molar-refractivity contribution in [2.24, 2.45) is 0 Å². The Morgan fingerprint density at radius 1 is 1.47 bits per heavy atom. The average molecular weight is 206 g/mol. The van der Waals surface area contributed by atoms with Crippen molar-refractivity contribution in [2.75, 3.05) is 27.2 Å². The lowest BCUT2D eigenvalue weighted by Gasteiger charge is -2.29. The normalized spacial score (nSPS) is 22.7. The molecule has 1 fully saturated rings. The number of hydrogen-bond acceptors (Lipinski definition) is 3. The van der Waals surface area contributed by atoms with Gasteiger partial charge in [-0.15, -0.1) is 0 Å². The number of likely N-dealkylation sites (tertiary alicyclic amines) is 1. The quantitative estimate of drug-likeness (QED) is 0.739. The highest BCUT2D eigenvalue weighted by Crippen LogP contribution is 2.26. The van der Waals surface area contributed by atoms with Gasteiger partial charge in [-0.05, 0) is 37.9 Å². The van der Waals surface area contributed by atoms with Gasteiger partial charge in [0.2, 0.25) is 5.88 Å². The van der Waals surface area contributed by atoms with Gasteiger partial charge in [0, 0.05) is 18.8 Å². The molecule has 3 heteroatoms. The largest absolute Gasteiger partial charge is 0.481 e. The van der Waals surface area contributed by atoms with Crippen molar-refractivity contribution in [1.82, 2.24) is 9.88 Å². The van der Waals surface area contributed by atoms with E-state index in [2.05, 4.69) is 23.0 Å². The van der Waals surface area contributed by atoms with Gasteiger partial charge in [0.25, 0.3) is 0 Å². The first kappa shape index (κ1) is 10.4. The molecule has 1 aromatic rings. The lowest BCUT2D eigenvalue weighted by molar-refractivity contribution is 0.250. The second-order valence-corrected chi connectivity index (χ2v) is 4.24. The number of likely N-dealkylation sites (N-methyl/N-ethyl adjacent to an activating group) is 1. The van der Waals surface area contributed by atoms with Crippen LogP contribution >= 0.6 is 0 Å². The van der Waals surface area contributed by atoms with Crippen LogP contribution in [-0.4, -0.2) is 37.1 Å². The molecule has 3 nitrogen and oxygen atoms in total. The molecule has 0 bridgehead atoms. The molecular formula is C12H18N2O. The van der Waals surface area contributed by atoms with Crippen molar-refractivity contribution >= 4 is 0 Å². The first-order chi connectivity index (χ1) is 7.29. The highest BCUT2D eigenvalue weighted by molar-refractivity contribution is 5.21. The van der Waals surface area contributed by atoms with E-state index in [9.17, 15) is 0 Å². The molecule has 82 valence electrons. The summed E-state index contributed by atoms with van der Waals surface area (Å²) in [7, 11) is 3.83. The Hall–Kier alpha value is -1.09. The van der Waals surface area contributed by atoms with E-state index in [4.69, 9.17) is 4.74 Å². The molecule has 1 saturated heterocycles. The summed E-state index contributed by atoms with van der Waals surface area (Å²) in [5.74, 6) is 1.34. The summed E-state index contributed by atoms with van der Waals surface area (Å²) in [6.07, 6.45) is 4.51. The molecule has 0 amide bonds. The van der Waals surface area contributed by atoms with E-state index in [0.29, 0.717) is 11.8 Å². The minimum Gasteiger partial charge on any atom is -0.481 e. The molecule has 15 heavy (non-hydrogen) atoms. The third-order valence-electron chi connectivity index (χ3n) is 3.06. The fraction of sp³-hybridized carbons (Fsp3) is 0.583. The maximum absolute atomic E-state index is 5.06. The summed E-state index contributed by atoms with van der Waals surface area (Å²) < 4.78 is 5.06. The molecule has 0 radical (unpaired) electrons. The van der Waals surface area contributed by atoms with Gasteiger partial charge in [-0.25, -0.2) is 4.98 Å². The lowest BCUT2D eigenvalue weighted by Crippen LogP contribution is -2.30. The van der Waals surface area contributed by atoms with Gasteiger partial charge in [-0.2, -0.15) is 0 Å². The van der Waals surface area contributed by atoms with Crippen molar-refractivity contribution in [3.63, 3.8) is 0 Å². The van der Waals surface area contributed by atoms with Crippen molar-refractivity contribution in [1.29, 1.82) is 0 Å². The van der Waals surface area contributed by atoms with Crippen LogP contribution in [0.15, 0.2) is 18.3 Å². The Morgan fingerprint density at radius 2 is 2.33 bits per heavy atom. The Balaban J connectivity index is 2.07. The van der Waals surface area contributed by atoms with Gasteiger partial charge >= 0.3 is 0 Å². The Kier molecular flexibility index (Phi) is 3.21. The van der Waals surface area contributed by atoms with E-state index in [1.165, 1.54) is 24.9 Å². The maximum atomic E-state index is 5.06. The van der Waals surface area contributed by atoms with Crippen LogP contribution in [0.2, 0.25) is 0 Å². The smallest absolute Gasteiger partial charge is 0.212 e. The fourth-order valence-corrected chi connectivity index (χ4v) is 2.19. The summed E-state index contributed by atoms with van der Waals surface area (Å²) in [6, 6.07) is 4.08. The molecule has 2 heterocycles. The van der Waals surface area contributed by atoms with Crippen LogP contribution in [-0.2, 0) is 0 Å². The van der Waals surface area contributed by atoms with Crippen molar-refractivity contribution in [2.45, 2.75) is 18.8 Å². The molecule has 0 spiro atoms. The van der Waals surface area contributed by atoms with Crippen LogP contribution < -0.4 is 4.74 Å². The molecule has 0 aromatic carbocycles. The molecule has 0 N–H and O–H groups in total. The van der Waals surface area contributed by atoms with E-state index in [0.717, 1.165) is 6.54 Å². The summed E-state index contributed by atoms with van der Waals surface area (Å²) in [5, 5.41) is 0. The fourth-order valence-electron chi connectivity index (χ4n) is 2.19. The lowest BCUT2D eigenvalue weighted by atomic mass is 9.92. The zero-order chi connectivity index (χ0) is 10.7. The standard InChI is InChI=1S/C12H18N2O/c1-14-7-3-4-11(9-14)10-5-6-12(15-2)13-8-10/h5-6,8,11H,3-4,7,9H2,1-2H3/t11-/m1/s1. The third-order valence-corrected chi connectivity index (χ3v) is 3.06. The molecule has 0 aliphatic carbocycles. The number of aromatic nitrogens is 1. The zero-order valence-corrected chi connectivity index (χ0v) is 9.44. The minimum absolute atomic E-state index is 0.641. The van der Waals surface area contributed by atoms with E-state index in [1.807, 2.05) is 12.3 Å². The number of ether oxygens (including phenoxy) is 1. The number of rotatable bonds is 2. The van der Waals surface area contributed by atoms with Crippen LogP contribution in [0.5, 0.6) is 5.88 Å². The summed E-state index contributed by atoms with van der Waals surface area (Å²) in [6.45, 7) is 2.37. The first-order valence-electron chi connectivity index (χ1n) is 5.48. The Morgan fingerprint density at radius 3 is 2.93 bits per heavy atom. The van der Waals surface area contributed by atoms with E-state index >= 15 is 0 Å². The van der Waals surface area contributed by atoms with E-state index in [-0.39, 0.29) is 0 Å². The van der Waals surface area contributed by atoms with Crippen LogP contribution in [0.1, 0.15) is 24.3 Å². The van der Waals surface area contributed by atoms with Crippen LogP contribution in [0.4, 0.5) is 0 Å². The van der Waals surface area contributed by atoms with Crippen molar-refractivity contribution in [3.8, 4) is 5.88 Å². The van der Waals surface area contributed by atoms with Crippen molar-refractivity contribution < 1.29 is 4.74 Å². The second kappa shape index (κ2) is 4.62. The molecule has 0 saturated carbocycles. The van der Waals surface area contributed by atoms with Gasteiger partial charge < -0.3 is 9.64 Å². The van der Waals surface area contributed by atoms with Gasteiger partial charge in [-0.1, -0.05) is 6.07 Å². The third kappa shape index (κ3) is 2.48. The highest BCUT2D eigenvalue weighted by atomic mass is 16.5. The monoisotopic (exact) mass is 206 g/mol. The van der Waals surface area contributed by atoms with Crippen LogP contribution in [0, 0.1) is 0 Å². The second-order valence-electron chi connectivity index (χ2n) is 4.24. The van der Waals surface area contributed by atoms with Crippen LogP contribution in [0.3, 0.4) is 0 Å². The Labute approximate surface area is 91.1 Å². The minimum atomic E-state index is 0.641. The topological polar surface area (TPSA) is 25.4 Å². The van der Waals surface area contributed by atoms with Gasteiger partial charge in [0.15, 0.2) is 0 Å². The predicted octanol–water partition coefficient (Wildman–Crippen LogP) is 1.90. The predicted molar refractivity (Wildman–Crippen MR) is 60.3 cm³/mol. The summed E-state index contributed by atoms with van der Waals surface area (Å²) in [4.78, 5) is 6.64. The molecule has 1 aliphatic rings. The summed E-state index contributed by atoms with van der Waals surface area (Å²) >= 11 is 0. The van der Waals surface area contributed by atoms with E-state index in [1.54, 1.807) is 7.11 Å². The molecular weight excluding hydrogens is 188 g/mol. The molecule has 1 atom stereocenters. The van der Waals surface area contributed by atoms with Crippen molar-refractivity contribution in [3.05, 3.63) is 23.9 Å². The van der Waals surface area contributed by atoms with Gasteiger partial charge in [-0.3, -0.25) is 0 Å². The zero-order valence-electron chi connectivity index (χ0n) is 9.44. The van der Waals surface area contributed by atoms with Gasteiger partial charge in [0.1, 0.15) is 0 Å². The highest BCUT2D eigenvalue weighted by Gasteiger charge is 2.18. The molecule has 2 rings (SSSR count). The van der Waals surface area contributed by atoms with Gasteiger partial charge in [0.05, 0.1) is 7.11 Å². The maximum Gasteiger partial charge on any atom is 0.212 e. The number of hydrogen-bond donors (Lipinski definition) is 0. The molecule has 1 aliphatic heterocycles. The van der Waals surface area contributed by atoms with E-state index < -0.39 is 0 Å². The van der Waals surface area contributed by atoms with Crippen LogP contribution in [0.25, 0.3) is 0 Å². The molecule has 0 unspecified atom stereocenters.